The summed E-state index contributed by atoms with van der Waals surface area (Å²) in [6.07, 6.45) is -1.34. The summed E-state index contributed by atoms with van der Waals surface area (Å²) in [5.74, 6) is 1.36. The normalized spacial score (nSPS) is 25.8. The van der Waals surface area contributed by atoms with Crippen molar-refractivity contribution in [2.24, 2.45) is 11.8 Å². The van der Waals surface area contributed by atoms with E-state index in [2.05, 4.69) is 22.7 Å². The van der Waals surface area contributed by atoms with Gasteiger partial charge in [-0.05, 0) is 49.7 Å². The minimum atomic E-state index is -4.39. The van der Waals surface area contributed by atoms with E-state index in [0.29, 0.717) is 46.6 Å². The Bertz CT molecular complexity index is 1390. The van der Waals surface area contributed by atoms with Gasteiger partial charge >= 0.3 is 12.3 Å². The monoisotopic (exact) mass is 563 g/mol. The summed E-state index contributed by atoms with van der Waals surface area (Å²) < 4.78 is 44.2. The molecule has 13 heteroatoms. The minimum Gasteiger partial charge on any atom is -0.351 e. The van der Waals surface area contributed by atoms with Gasteiger partial charge in [0.05, 0.1) is 0 Å². The van der Waals surface area contributed by atoms with Gasteiger partial charge in [-0.3, -0.25) is 5.32 Å². The topological polar surface area (TPSA) is 97.2 Å². The Hall–Kier alpha value is -3.12. The van der Waals surface area contributed by atoms with E-state index >= 15 is 0 Å². The number of halogens is 4. The number of amides is 1. The number of hydrogen-bond acceptors (Lipinski definition) is 7. The fourth-order valence-electron chi connectivity index (χ4n) is 5.92. The largest absolute Gasteiger partial charge is 0.427 e. The van der Waals surface area contributed by atoms with E-state index in [1.54, 1.807) is 18.2 Å². The van der Waals surface area contributed by atoms with Crippen LogP contribution in [0, 0.1) is 11.8 Å². The Kier molecular flexibility index (Phi) is 6.78. The molecular weight excluding hydrogens is 535 g/mol. The average Bonchev–Trinajstić information content (AvgIpc) is 3.63. The molecule has 2 aliphatic heterocycles. The van der Waals surface area contributed by atoms with Crippen molar-refractivity contribution in [2.75, 3.05) is 11.4 Å². The SMILES string of the molecule is CC1CCC(Cn2c(N3CCC[C@H]3C(F)(F)F)nc3nc(C4NOC(=O)N4)nc(-c4cccc(Cl)c4)c32)CC1. The molecule has 2 N–H and O–H groups in total. The lowest BCUT2D eigenvalue weighted by Crippen LogP contribution is -2.42. The second kappa shape index (κ2) is 10.1. The standard InChI is InChI=1S/C26H29ClF3N7O2/c1-14-7-9-15(10-8-14)13-37-20-19(16-4-2-5-17(27)12-16)31-22(23-34-25(38)39-35-23)32-21(20)33-24(37)36-11-3-6-18(36)26(28,29)30/h2,4-5,12,14-15,18,23,35H,3,6-11,13H2,1H3,(H,34,38)/t14?,15?,18-,23?/m0/s1. The van der Waals surface area contributed by atoms with Gasteiger partial charge in [0.15, 0.2) is 17.6 Å². The van der Waals surface area contributed by atoms with Gasteiger partial charge < -0.3 is 14.3 Å². The molecule has 1 aromatic carbocycles. The van der Waals surface area contributed by atoms with Crippen molar-refractivity contribution < 1.29 is 22.8 Å². The van der Waals surface area contributed by atoms with Gasteiger partial charge in [-0.15, -0.1) is 5.48 Å². The molecule has 0 radical (unpaired) electrons. The van der Waals surface area contributed by atoms with Gasteiger partial charge in [0.25, 0.3) is 0 Å². The van der Waals surface area contributed by atoms with Crippen LogP contribution in [-0.4, -0.2) is 44.4 Å². The Labute approximate surface area is 228 Å². The molecule has 1 aliphatic carbocycles. The van der Waals surface area contributed by atoms with Crippen molar-refractivity contribution in [3.05, 3.63) is 35.1 Å². The number of benzene rings is 1. The summed E-state index contributed by atoms with van der Waals surface area (Å²) in [6.45, 7) is 2.99. The number of carbonyl (C=O) groups excluding carboxylic acids is 1. The smallest absolute Gasteiger partial charge is 0.351 e. The number of fused-ring (bicyclic) bond motifs is 1. The lowest BCUT2D eigenvalue weighted by atomic mass is 9.83. The molecule has 39 heavy (non-hydrogen) atoms. The number of alkyl halides is 3. The van der Waals surface area contributed by atoms with Crippen LogP contribution in [0.1, 0.15) is 57.4 Å². The average molecular weight is 564 g/mol. The van der Waals surface area contributed by atoms with E-state index < -0.39 is 24.5 Å². The van der Waals surface area contributed by atoms with Crippen LogP contribution in [0.15, 0.2) is 24.3 Å². The van der Waals surface area contributed by atoms with E-state index in [1.165, 1.54) is 4.90 Å². The maximum Gasteiger partial charge on any atom is 0.427 e. The molecule has 0 spiro atoms. The summed E-state index contributed by atoms with van der Waals surface area (Å²) >= 11 is 6.33. The number of rotatable bonds is 5. The summed E-state index contributed by atoms with van der Waals surface area (Å²) in [7, 11) is 0. The van der Waals surface area contributed by atoms with E-state index in [9.17, 15) is 18.0 Å². The molecule has 4 heterocycles. The van der Waals surface area contributed by atoms with E-state index in [4.69, 9.17) is 26.4 Å². The van der Waals surface area contributed by atoms with E-state index in [1.807, 2.05) is 10.6 Å². The van der Waals surface area contributed by atoms with Gasteiger partial charge in [0, 0.05) is 23.7 Å². The third kappa shape index (κ3) is 5.11. The fraction of sp³-hybridized carbons (Fsp3) is 0.538. The Balaban J connectivity index is 1.55. The van der Waals surface area contributed by atoms with Gasteiger partial charge in [-0.2, -0.15) is 18.2 Å². The zero-order valence-corrected chi connectivity index (χ0v) is 22.1. The molecule has 3 aliphatic rings. The zero-order valence-electron chi connectivity index (χ0n) is 21.3. The quantitative estimate of drug-likeness (QED) is 0.408. The number of nitrogens with one attached hydrogen (secondary N) is 2. The first-order valence-corrected chi connectivity index (χ1v) is 13.7. The minimum absolute atomic E-state index is 0.0150. The highest BCUT2D eigenvalue weighted by Crippen LogP contribution is 2.40. The van der Waals surface area contributed by atoms with Crippen molar-refractivity contribution in [3.63, 3.8) is 0 Å². The zero-order chi connectivity index (χ0) is 27.3. The lowest BCUT2D eigenvalue weighted by Gasteiger charge is -2.31. The molecule has 2 atom stereocenters. The lowest BCUT2D eigenvalue weighted by molar-refractivity contribution is -0.146. The van der Waals surface area contributed by atoms with Crippen LogP contribution < -0.4 is 15.7 Å². The van der Waals surface area contributed by atoms with Crippen molar-refractivity contribution in [1.82, 2.24) is 30.3 Å². The molecule has 1 unspecified atom stereocenters. The maximum absolute atomic E-state index is 14.1. The van der Waals surface area contributed by atoms with Crippen LogP contribution in [0.5, 0.6) is 0 Å². The second-order valence-electron chi connectivity index (χ2n) is 10.7. The number of anilines is 1. The number of aromatic nitrogens is 4. The number of nitrogens with zero attached hydrogens (tertiary/aromatic N) is 5. The first kappa shape index (κ1) is 26.1. The maximum atomic E-state index is 14.1. The summed E-state index contributed by atoms with van der Waals surface area (Å²) in [5, 5.41) is 3.07. The van der Waals surface area contributed by atoms with Crippen LogP contribution in [0.3, 0.4) is 0 Å². The molecule has 3 aromatic rings. The molecule has 6 rings (SSSR count). The van der Waals surface area contributed by atoms with Crippen molar-refractivity contribution in [2.45, 2.75) is 70.4 Å². The van der Waals surface area contributed by atoms with Crippen LogP contribution >= 0.6 is 11.6 Å². The first-order valence-electron chi connectivity index (χ1n) is 13.3. The van der Waals surface area contributed by atoms with Crippen molar-refractivity contribution >= 4 is 34.8 Å². The molecule has 9 nitrogen and oxygen atoms in total. The molecule has 2 aromatic heterocycles. The fourth-order valence-corrected chi connectivity index (χ4v) is 6.11. The van der Waals surface area contributed by atoms with Gasteiger partial charge in [-0.1, -0.05) is 43.5 Å². The highest BCUT2D eigenvalue weighted by molar-refractivity contribution is 6.30. The first-order chi connectivity index (χ1) is 18.7. The molecule has 0 bridgehead atoms. The van der Waals surface area contributed by atoms with Crippen LogP contribution in [-0.2, 0) is 11.4 Å². The number of hydroxylamine groups is 1. The molecule has 3 fully saturated rings. The third-order valence-electron chi connectivity index (χ3n) is 7.95. The summed E-state index contributed by atoms with van der Waals surface area (Å²) in [4.78, 5) is 32.0. The molecule has 1 amide bonds. The highest BCUT2D eigenvalue weighted by Gasteiger charge is 2.47. The predicted molar refractivity (Wildman–Crippen MR) is 139 cm³/mol. The predicted octanol–water partition coefficient (Wildman–Crippen LogP) is 5.75. The Morgan fingerprint density at radius 1 is 1.13 bits per heavy atom. The summed E-state index contributed by atoms with van der Waals surface area (Å²) in [5.41, 5.74) is 4.49. The molecular formula is C26H29ClF3N7O2. The van der Waals surface area contributed by atoms with Crippen LogP contribution in [0.25, 0.3) is 22.4 Å². The highest BCUT2D eigenvalue weighted by atomic mass is 35.5. The van der Waals surface area contributed by atoms with Gasteiger partial charge in [-0.25, -0.2) is 14.8 Å². The van der Waals surface area contributed by atoms with Crippen LogP contribution in [0.2, 0.25) is 5.02 Å². The van der Waals surface area contributed by atoms with Gasteiger partial charge in [0.1, 0.15) is 17.3 Å². The van der Waals surface area contributed by atoms with E-state index in [0.717, 1.165) is 25.7 Å². The number of imidazole rings is 1. The van der Waals surface area contributed by atoms with E-state index in [-0.39, 0.29) is 30.4 Å². The Morgan fingerprint density at radius 2 is 1.92 bits per heavy atom. The molecule has 1 saturated carbocycles. The number of carbonyl (C=O) groups is 1. The third-order valence-corrected chi connectivity index (χ3v) is 8.19. The second-order valence-corrected chi connectivity index (χ2v) is 11.2. The van der Waals surface area contributed by atoms with Crippen molar-refractivity contribution in [3.8, 4) is 11.3 Å². The van der Waals surface area contributed by atoms with Crippen molar-refractivity contribution in [1.29, 1.82) is 0 Å². The van der Waals surface area contributed by atoms with Gasteiger partial charge in [0.2, 0.25) is 5.95 Å². The number of hydrogen-bond donors (Lipinski definition) is 2. The Morgan fingerprint density at radius 3 is 2.62 bits per heavy atom. The summed E-state index contributed by atoms with van der Waals surface area (Å²) in [6, 6.07) is 5.49. The molecule has 2 saturated heterocycles. The molecule has 208 valence electrons. The van der Waals surface area contributed by atoms with Crippen LogP contribution in [0.4, 0.5) is 23.9 Å².